The van der Waals surface area contributed by atoms with Crippen molar-refractivity contribution in [1.29, 1.82) is 0 Å². The van der Waals surface area contributed by atoms with Crippen LogP contribution in [-0.2, 0) is 13.0 Å². The molecule has 1 atom stereocenters. The summed E-state index contributed by atoms with van der Waals surface area (Å²) in [5, 5.41) is 8.16. The lowest BCUT2D eigenvalue weighted by molar-refractivity contribution is 0.201. The Hall–Kier alpha value is -2.47. The second-order valence-electron chi connectivity index (χ2n) is 6.64. The summed E-state index contributed by atoms with van der Waals surface area (Å²) in [7, 11) is 0. The molecule has 6 heteroatoms. The standard InChI is InChI=1S/C19H22N4O2/c1-13-16(14(2)24-21-13)11-18-20-19(25-22-18)17-9-6-10-23(17)12-15-7-4-3-5-8-15/h3-5,7-8,17H,6,9-12H2,1-2H3. The molecule has 1 unspecified atom stereocenters. The summed E-state index contributed by atoms with van der Waals surface area (Å²) in [5.74, 6) is 2.22. The smallest absolute Gasteiger partial charge is 0.244 e. The quantitative estimate of drug-likeness (QED) is 0.708. The Kier molecular flexibility index (Phi) is 4.36. The van der Waals surface area contributed by atoms with Crippen molar-refractivity contribution in [2.45, 2.75) is 45.7 Å². The largest absolute Gasteiger partial charge is 0.361 e. The zero-order chi connectivity index (χ0) is 17.2. The molecule has 0 N–H and O–H groups in total. The Morgan fingerprint density at radius 2 is 1.96 bits per heavy atom. The molecule has 0 spiro atoms. The molecule has 0 aliphatic carbocycles. The highest BCUT2D eigenvalue weighted by Crippen LogP contribution is 2.32. The van der Waals surface area contributed by atoms with Crippen LogP contribution in [0.2, 0.25) is 0 Å². The lowest BCUT2D eigenvalue weighted by atomic mass is 10.1. The maximum atomic E-state index is 5.59. The minimum Gasteiger partial charge on any atom is -0.361 e. The normalized spacial score (nSPS) is 18.1. The van der Waals surface area contributed by atoms with Gasteiger partial charge in [-0.1, -0.05) is 40.6 Å². The maximum Gasteiger partial charge on any atom is 0.244 e. The van der Waals surface area contributed by atoms with Crippen molar-refractivity contribution in [1.82, 2.24) is 20.2 Å². The van der Waals surface area contributed by atoms with Gasteiger partial charge >= 0.3 is 0 Å². The Morgan fingerprint density at radius 1 is 1.12 bits per heavy atom. The fourth-order valence-electron chi connectivity index (χ4n) is 3.50. The topological polar surface area (TPSA) is 68.2 Å². The summed E-state index contributed by atoms with van der Waals surface area (Å²) in [6.45, 7) is 5.81. The number of rotatable bonds is 5. The fourth-order valence-corrected chi connectivity index (χ4v) is 3.50. The monoisotopic (exact) mass is 338 g/mol. The molecule has 1 aliphatic heterocycles. The van der Waals surface area contributed by atoms with E-state index in [1.54, 1.807) is 0 Å². The molecular formula is C19H22N4O2. The minimum absolute atomic E-state index is 0.200. The average Bonchev–Trinajstić information content (AvgIpc) is 3.33. The van der Waals surface area contributed by atoms with Gasteiger partial charge in [0.15, 0.2) is 5.82 Å². The Balaban J connectivity index is 1.49. The predicted molar refractivity (Wildman–Crippen MR) is 91.9 cm³/mol. The van der Waals surface area contributed by atoms with Gasteiger partial charge in [0.2, 0.25) is 5.89 Å². The van der Waals surface area contributed by atoms with E-state index in [9.17, 15) is 0 Å². The van der Waals surface area contributed by atoms with E-state index in [1.807, 2.05) is 19.9 Å². The van der Waals surface area contributed by atoms with Crippen LogP contribution in [0.25, 0.3) is 0 Å². The number of aryl methyl sites for hydroxylation is 2. The van der Waals surface area contributed by atoms with Crippen molar-refractivity contribution in [2.24, 2.45) is 0 Å². The van der Waals surface area contributed by atoms with Gasteiger partial charge in [0, 0.05) is 18.5 Å². The number of hydrogen-bond acceptors (Lipinski definition) is 6. The van der Waals surface area contributed by atoms with Crippen LogP contribution in [-0.4, -0.2) is 26.7 Å². The first kappa shape index (κ1) is 16.0. The first-order valence-electron chi connectivity index (χ1n) is 8.73. The van der Waals surface area contributed by atoms with Gasteiger partial charge in [0.25, 0.3) is 0 Å². The van der Waals surface area contributed by atoms with E-state index in [0.29, 0.717) is 12.2 Å². The molecule has 130 valence electrons. The number of aromatic nitrogens is 3. The SMILES string of the molecule is Cc1noc(C)c1Cc1noc(C2CCCN2Cc2ccccc2)n1. The first-order valence-corrected chi connectivity index (χ1v) is 8.73. The number of nitrogens with zero attached hydrogens (tertiary/aromatic N) is 4. The van der Waals surface area contributed by atoms with Crippen molar-refractivity contribution in [3.8, 4) is 0 Å². The molecular weight excluding hydrogens is 316 g/mol. The van der Waals surface area contributed by atoms with Crippen LogP contribution in [0.4, 0.5) is 0 Å². The molecule has 3 aromatic rings. The highest BCUT2D eigenvalue weighted by Gasteiger charge is 2.30. The van der Waals surface area contributed by atoms with Crippen molar-refractivity contribution in [3.63, 3.8) is 0 Å². The number of hydrogen-bond donors (Lipinski definition) is 0. The molecule has 0 bridgehead atoms. The minimum atomic E-state index is 0.200. The molecule has 6 nitrogen and oxygen atoms in total. The van der Waals surface area contributed by atoms with Gasteiger partial charge in [-0.3, -0.25) is 4.90 Å². The molecule has 1 saturated heterocycles. The molecule has 2 aromatic heterocycles. The van der Waals surface area contributed by atoms with Crippen LogP contribution in [0.15, 0.2) is 39.4 Å². The van der Waals surface area contributed by atoms with Crippen molar-refractivity contribution in [2.75, 3.05) is 6.54 Å². The van der Waals surface area contributed by atoms with Crippen LogP contribution in [0.3, 0.4) is 0 Å². The fraction of sp³-hybridized carbons (Fsp3) is 0.421. The van der Waals surface area contributed by atoms with E-state index in [4.69, 9.17) is 9.05 Å². The van der Waals surface area contributed by atoms with Crippen LogP contribution in [0, 0.1) is 13.8 Å². The van der Waals surface area contributed by atoms with Crippen molar-refractivity contribution in [3.05, 3.63) is 64.6 Å². The predicted octanol–water partition coefficient (Wildman–Crippen LogP) is 3.60. The summed E-state index contributed by atoms with van der Waals surface area (Å²) in [5.41, 5.74) is 3.24. The maximum absolute atomic E-state index is 5.59. The molecule has 1 aromatic carbocycles. The van der Waals surface area contributed by atoms with Gasteiger partial charge in [-0.15, -0.1) is 0 Å². The van der Waals surface area contributed by atoms with Crippen LogP contribution >= 0.6 is 0 Å². The number of benzene rings is 1. The molecule has 0 saturated carbocycles. The highest BCUT2D eigenvalue weighted by molar-refractivity contribution is 5.24. The zero-order valence-electron chi connectivity index (χ0n) is 14.6. The molecule has 25 heavy (non-hydrogen) atoms. The van der Waals surface area contributed by atoms with E-state index in [-0.39, 0.29) is 6.04 Å². The Bertz CT molecular complexity index is 821. The van der Waals surface area contributed by atoms with Crippen LogP contribution < -0.4 is 0 Å². The van der Waals surface area contributed by atoms with Crippen LogP contribution in [0.1, 0.15) is 53.2 Å². The third-order valence-electron chi connectivity index (χ3n) is 4.88. The summed E-state index contributed by atoms with van der Waals surface area (Å²) < 4.78 is 10.8. The van der Waals surface area contributed by atoms with E-state index in [1.165, 1.54) is 5.56 Å². The lowest BCUT2D eigenvalue weighted by Crippen LogP contribution is -2.23. The average molecular weight is 338 g/mol. The summed E-state index contributed by atoms with van der Waals surface area (Å²) in [6, 6.07) is 10.7. The highest BCUT2D eigenvalue weighted by atomic mass is 16.5. The van der Waals surface area contributed by atoms with E-state index >= 15 is 0 Å². The van der Waals surface area contributed by atoms with E-state index < -0.39 is 0 Å². The lowest BCUT2D eigenvalue weighted by Gasteiger charge is -2.21. The van der Waals surface area contributed by atoms with Gasteiger partial charge in [0.05, 0.1) is 11.7 Å². The Labute approximate surface area is 146 Å². The van der Waals surface area contributed by atoms with Gasteiger partial charge in [-0.25, -0.2) is 0 Å². The van der Waals surface area contributed by atoms with Crippen molar-refractivity contribution < 1.29 is 9.05 Å². The van der Waals surface area contributed by atoms with Gasteiger partial charge in [-0.05, 0) is 38.8 Å². The molecule has 4 rings (SSSR count). The van der Waals surface area contributed by atoms with Crippen molar-refractivity contribution >= 4 is 0 Å². The first-order chi connectivity index (χ1) is 12.2. The van der Waals surface area contributed by atoms with Gasteiger partial charge in [-0.2, -0.15) is 4.98 Å². The van der Waals surface area contributed by atoms with E-state index in [2.05, 4.69) is 44.5 Å². The third kappa shape index (κ3) is 3.35. The third-order valence-corrected chi connectivity index (χ3v) is 4.88. The Morgan fingerprint density at radius 3 is 2.72 bits per heavy atom. The molecule has 1 fully saturated rings. The van der Waals surface area contributed by atoms with Gasteiger partial charge < -0.3 is 9.05 Å². The zero-order valence-corrected chi connectivity index (χ0v) is 14.6. The number of likely N-dealkylation sites (tertiary alicyclic amines) is 1. The molecule has 0 radical (unpaired) electrons. The second kappa shape index (κ2) is 6.80. The van der Waals surface area contributed by atoms with Gasteiger partial charge in [0.1, 0.15) is 5.76 Å². The summed E-state index contributed by atoms with van der Waals surface area (Å²) in [4.78, 5) is 7.07. The van der Waals surface area contributed by atoms with Crippen LogP contribution in [0.5, 0.6) is 0 Å². The summed E-state index contributed by atoms with van der Waals surface area (Å²) >= 11 is 0. The molecule has 3 heterocycles. The second-order valence-corrected chi connectivity index (χ2v) is 6.64. The van der Waals surface area contributed by atoms with E-state index in [0.717, 1.165) is 48.8 Å². The molecule has 0 amide bonds. The summed E-state index contributed by atoms with van der Waals surface area (Å²) in [6.07, 6.45) is 2.80. The molecule has 1 aliphatic rings.